The fourth-order valence-electron chi connectivity index (χ4n) is 4.24. The Morgan fingerprint density at radius 3 is 2.97 bits per heavy atom. The van der Waals surface area contributed by atoms with E-state index in [1.165, 1.54) is 11.3 Å². The standard InChI is InChI=1S/C21H27N9O2S/c1-12-7-16(32-14-3-4-23-8-14)24-9-15(12)26-21(31)29-5-6-30(13(2)10-29)18-17-19(33-11-25-17)28-20(22)27-18/h7,9,11,13-14,23H,3-6,8,10H2,1-2H3,(H,26,31)(H2,22,27,28)/t13?,14-/m0/s1. The van der Waals surface area contributed by atoms with Crippen molar-refractivity contribution in [2.45, 2.75) is 32.4 Å². The number of carbonyl (C=O) groups excluding carboxylic acids is 1. The summed E-state index contributed by atoms with van der Waals surface area (Å²) in [7, 11) is 0. The van der Waals surface area contributed by atoms with Crippen molar-refractivity contribution in [3.8, 4) is 5.88 Å². The third-order valence-corrected chi connectivity index (χ3v) is 6.73. The van der Waals surface area contributed by atoms with E-state index >= 15 is 0 Å². The molecule has 5 heterocycles. The number of pyridine rings is 1. The number of nitrogen functional groups attached to an aromatic ring is 1. The van der Waals surface area contributed by atoms with E-state index in [9.17, 15) is 4.79 Å². The molecule has 0 aliphatic carbocycles. The van der Waals surface area contributed by atoms with E-state index in [1.54, 1.807) is 16.6 Å². The van der Waals surface area contributed by atoms with E-state index < -0.39 is 0 Å². The van der Waals surface area contributed by atoms with Crippen LogP contribution in [-0.2, 0) is 0 Å². The van der Waals surface area contributed by atoms with E-state index in [2.05, 4.69) is 42.4 Å². The monoisotopic (exact) mass is 469 g/mol. The van der Waals surface area contributed by atoms with Crippen LogP contribution in [0.3, 0.4) is 0 Å². The van der Waals surface area contributed by atoms with Crippen LogP contribution in [0.5, 0.6) is 5.88 Å². The highest BCUT2D eigenvalue weighted by atomic mass is 32.1. The molecule has 0 spiro atoms. The molecule has 3 aromatic rings. The number of fused-ring (bicyclic) bond motifs is 1. The summed E-state index contributed by atoms with van der Waals surface area (Å²) in [6.45, 7) is 7.51. The molecule has 12 heteroatoms. The number of carbonyl (C=O) groups is 1. The van der Waals surface area contributed by atoms with Crippen molar-refractivity contribution in [2.24, 2.45) is 0 Å². The van der Waals surface area contributed by atoms with Crippen LogP contribution < -0.4 is 26.0 Å². The van der Waals surface area contributed by atoms with Crippen molar-refractivity contribution in [1.82, 2.24) is 30.2 Å². The number of thiazole rings is 1. The summed E-state index contributed by atoms with van der Waals surface area (Å²) in [6.07, 6.45) is 2.78. The first-order valence-electron chi connectivity index (χ1n) is 11.0. The summed E-state index contributed by atoms with van der Waals surface area (Å²) >= 11 is 1.44. The van der Waals surface area contributed by atoms with Crippen LogP contribution in [0.2, 0.25) is 0 Å². The average molecular weight is 470 g/mol. The molecule has 33 heavy (non-hydrogen) atoms. The summed E-state index contributed by atoms with van der Waals surface area (Å²) in [5.74, 6) is 1.53. The molecule has 3 aromatic heterocycles. The van der Waals surface area contributed by atoms with Crippen LogP contribution in [0.4, 0.5) is 22.2 Å². The van der Waals surface area contributed by atoms with E-state index in [1.807, 2.05) is 13.0 Å². The smallest absolute Gasteiger partial charge is 0.322 e. The highest BCUT2D eigenvalue weighted by Crippen LogP contribution is 2.29. The molecule has 1 unspecified atom stereocenters. The number of nitrogens with one attached hydrogen (secondary N) is 2. The second-order valence-corrected chi connectivity index (χ2v) is 9.23. The number of piperazine rings is 1. The summed E-state index contributed by atoms with van der Waals surface area (Å²) in [6, 6.07) is 1.76. The Balaban J connectivity index is 1.23. The molecule has 2 atom stereocenters. The fourth-order valence-corrected chi connectivity index (χ4v) is 4.90. The van der Waals surface area contributed by atoms with Gasteiger partial charge in [-0.3, -0.25) is 0 Å². The molecule has 174 valence electrons. The van der Waals surface area contributed by atoms with Gasteiger partial charge in [-0.2, -0.15) is 4.98 Å². The van der Waals surface area contributed by atoms with Gasteiger partial charge in [-0.15, -0.1) is 11.3 Å². The summed E-state index contributed by atoms with van der Waals surface area (Å²) in [4.78, 5) is 35.2. The lowest BCUT2D eigenvalue weighted by Crippen LogP contribution is -2.55. The number of hydrogen-bond acceptors (Lipinski definition) is 10. The molecule has 2 saturated heterocycles. The van der Waals surface area contributed by atoms with Gasteiger partial charge in [0.1, 0.15) is 11.6 Å². The molecule has 5 rings (SSSR count). The molecule has 0 bridgehead atoms. The maximum atomic E-state index is 13.0. The number of aryl methyl sites for hydroxylation is 1. The maximum absolute atomic E-state index is 13.0. The van der Waals surface area contributed by atoms with Crippen LogP contribution >= 0.6 is 11.3 Å². The van der Waals surface area contributed by atoms with Gasteiger partial charge in [-0.25, -0.2) is 19.7 Å². The van der Waals surface area contributed by atoms with Gasteiger partial charge in [-0.1, -0.05) is 0 Å². The summed E-state index contributed by atoms with van der Waals surface area (Å²) in [5.41, 5.74) is 9.99. The molecular formula is C21H27N9O2S. The number of nitrogens with zero attached hydrogens (tertiary/aromatic N) is 6. The van der Waals surface area contributed by atoms with Crippen LogP contribution in [0.1, 0.15) is 18.9 Å². The van der Waals surface area contributed by atoms with Gasteiger partial charge in [-0.05, 0) is 32.4 Å². The first-order chi connectivity index (χ1) is 16.0. The topological polar surface area (TPSA) is 134 Å². The molecule has 0 radical (unpaired) electrons. The fraction of sp³-hybridized carbons (Fsp3) is 0.476. The normalized spacial score (nSPS) is 20.9. The van der Waals surface area contributed by atoms with Gasteiger partial charge in [0, 0.05) is 38.3 Å². The molecular weight excluding hydrogens is 442 g/mol. The van der Waals surface area contributed by atoms with Crippen molar-refractivity contribution in [1.29, 1.82) is 0 Å². The quantitative estimate of drug-likeness (QED) is 0.523. The Labute approximate surface area is 195 Å². The molecule has 0 aromatic carbocycles. The van der Waals surface area contributed by atoms with Crippen LogP contribution in [0.15, 0.2) is 17.8 Å². The van der Waals surface area contributed by atoms with Crippen molar-refractivity contribution >= 4 is 45.2 Å². The number of urea groups is 1. The molecule has 11 nitrogen and oxygen atoms in total. The van der Waals surface area contributed by atoms with Crippen molar-refractivity contribution in [3.63, 3.8) is 0 Å². The Morgan fingerprint density at radius 1 is 1.33 bits per heavy atom. The first-order valence-corrected chi connectivity index (χ1v) is 11.9. The Morgan fingerprint density at radius 2 is 2.21 bits per heavy atom. The van der Waals surface area contributed by atoms with Crippen LogP contribution in [0.25, 0.3) is 10.3 Å². The number of ether oxygens (including phenoxy) is 1. The molecule has 2 aliphatic heterocycles. The van der Waals surface area contributed by atoms with E-state index in [0.29, 0.717) is 31.2 Å². The van der Waals surface area contributed by atoms with E-state index in [4.69, 9.17) is 10.5 Å². The SMILES string of the molecule is Cc1cc(O[C@H]2CCNC2)ncc1NC(=O)N1CCN(c2nc(N)nc3scnc23)C(C)C1. The van der Waals surface area contributed by atoms with Gasteiger partial charge in [0.25, 0.3) is 0 Å². The van der Waals surface area contributed by atoms with Gasteiger partial charge in [0.2, 0.25) is 11.8 Å². The van der Waals surface area contributed by atoms with Crippen molar-refractivity contribution in [2.75, 3.05) is 48.7 Å². The summed E-state index contributed by atoms with van der Waals surface area (Å²) in [5, 5.41) is 6.27. The van der Waals surface area contributed by atoms with Gasteiger partial charge >= 0.3 is 6.03 Å². The maximum Gasteiger partial charge on any atom is 0.322 e. The predicted molar refractivity (Wildman–Crippen MR) is 128 cm³/mol. The molecule has 2 aliphatic rings. The lowest BCUT2D eigenvalue weighted by atomic mass is 10.2. The zero-order valence-electron chi connectivity index (χ0n) is 18.6. The molecule has 2 amide bonds. The van der Waals surface area contributed by atoms with Crippen LogP contribution in [0, 0.1) is 6.92 Å². The average Bonchev–Trinajstić information content (AvgIpc) is 3.47. The minimum Gasteiger partial charge on any atom is -0.473 e. The number of rotatable bonds is 4. The molecule has 0 saturated carbocycles. The van der Waals surface area contributed by atoms with Gasteiger partial charge in [0.15, 0.2) is 10.6 Å². The number of hydrogen-bond donors (Lipinski definition) is 3. The second-order valence-electron chi connectivity index (χ2n) is 8.40. The largest absolute Gasteiger partial charge is 0.473 e. The van der Waals surface area contributed by atoms with Crippen molar-refractivity contribution in [3.05, 3.63) is 23.3 Å². The lowest BCUT2D eigenvalue weighted by molar-refractivity contribution is 0.200. The lowest BCUT2D eigenvalue weighted by Gasteiger charge is -2.40. The highest BCUT2D eigenvalue weighted by molar-refractivity contribution is 7.16. The molecule has 2 fully saturated rings. The Hall–Kier alpha value is -3.25. The van der Waals surface area contributed by atoms with Crippen molar-refractivity contribution < 1.29 is 9.53 Å². The minimum absolute atomic E-state index is 0.0405. The molecule has 4 N–H and O–H groups in total. The van der Waals surface area contributed by atoms with E-state index in [-0.39, 0.29) is 24.1 Å². The van der Waals surface area contributed by atoms with Gasteiger partial charge < -0.3 is 30.9 Å². The second kappa shape index (κ2) is 8.94. The predicted octanol–water partition coefficient (Wildman–Crippen LogP) is 1.86. The zero-order chi connectivity index (χ0) is 22.9. The number of anilines is 3. The highest BCUT2D eigenvalue weighted by Gasteiger charge is 2.30. The number of amides is 2. The first kappa shape index (κ1) is 21.6. The third-order valence-electron chi connectivity index (χ3n) is 6.01. The van der Waals surface area contributed by atoms with E-state index in [0.717, 1.165) is 41.2 Å². The summed E-state index contributed by atoms with van der Waals surface area (Å²) < 4.78 is 5.91. The number of nitrogens with two attached hydrogens (primary N) is 1. The Kier molecular flexibility index (Phi) is 5.85. The Bertz CT molecular complexity index is 1160. The van der Waals surface area contributed by atoms with Gasteiger partial charge in [0.05, 0.1) is 17.4 Å². The zero-order valence-corrected chi connectivity index (χ0v) is 19.4. The number of aromatic nitrogens is 4. The third kappa shape index (κ3) is 4.48. The van der Waals surface area contributed by atoms with Crippen LogP contribution in [-0.4, -0.2) is 75.7 Å². The minimum atomic E-state index is -0.152.